The molecule has 3 unspecified atom stereocenters. The number of thiazole rings is 1. The lowest BCUT2D eigenvalue weighted by Gasteiger charge is -2.25. The Morgan fingerprint density at radius 2 is 2.10 bits per heavy atom. The maximum absolute atomic E-state index is 12.3. The molecule has 6 heteroatoms. The Kier molecular flexibility index (Phi) is 5.12. The molecule has 114 valence electrons. The molecule has 2 N–H and O–H groups in total. The van der Waals surface area contributed by atoms with E-state index in [0.29, 0.717) is 12.8 Å². The van der Waals surface area contributed by atoms with Gasteiger partial charge in [0.05, 0.1) is 17.9 Å². The first-order valence-electron chi connectivity index (χ1n) is 7.15. The molecule has 0 spiro atoms. The molecule has 1 aliphatic rings. The van der Waals surface area contributed by atoms with Crippen LogP contribution in [0.1, 0.15) is 42.6 Å². The number of aryl methyl sites for hydroxylation is 1. The highest BCUT2D eigenvalue weighted by molar-refractivity contribution is 7.11. The van der Waals surface area contributed by atoms with Crippen LogP contribution in [0.3, 0.4) is 0 Å². The minimum atomic E-state index is -0.908. The van der Waals surface area contributed by atoms with E-state index in [1.165, 1.54) is 4.88 Å². The fourth-order valence-corrected chi connectivity index (χ4v) is 3.30. The van der Waals surface area contributed by atoms with Gasteiger partial charge in [-0.1, -0.05) is 19.1 Å². The van der Waals surface area contributed by atoms with Gasteiger partial charge >= 0.3 is 5.97 Å². The van der Waals surface area contributed by atoms with E-state index in [2.05, 4.69) is 17.2 Å². The lowest BCUT2D eigenvalue weighted by atomic mass is 9.82. The van der Waals surface area contributed by atoms with Gasteiger partial charge in [0.2, 0.25) is 5.91 Å². The van der Waals surface area contributed by atoms with Crippen molar-refractivity contribution in [1.29, 1.82) is 0 Å². The number of allylic oxidation sites excluding steroid dienone is 2. The zero-order valence-electron chi connectivity index (χ0n) is 12.2. The van der Waals surface area contributed by atoms with Gasteiger partial charge in [0, 0.05) is 11.1 Å². The third-order valence-electron chi connectivity index (χ3n) is 3.74. The Balaban J connectivity index is 2.02. The fraction of sp³-hybridized carbons (Fsp3) is 0.533. The van der Waals surface area contributed by atoms with Gasteiger partial charge in [-0.3, -0.25) is 9.59 Å². The molecule has 3 atom stereocenters. The van der Waals surface area contributed by atoms with Crippen molar-refractivity contribution >= 4 is 23.2 Å². The van der Waals surface area contributed by atoms with E-state index in [-0.39, 0.29) is 11.9 Å². The Morgan fingerprint density at radius 3 is 2.67 bits per heavy atom. The van der Waals surface area contributed by atoms with Gasteiger partial charge in [-0.05, 0) is 26.2 Å². The minimum absolute atomic E-state index is 0.192. The molecular formula is C15H20N2O3S. The van der Waals surface area contributed by atoms with Crippen LogP contribution in [0.5, 0.6) is 0 Å². The quantitative estimate of drug-likeness (QED) is 0.819. The van der Waals surface area contributed by atoms with Gasteiger partial charge < -0.3 is 10.4 Å². The van der Waals surface area contributed by atoms with Crippen LogP contribution in [0.15, 0.2) is 18.3 Å². The van der Waals surface area contributed by atoms with Crippen LogP contribution in [0.2, 0.25) is 0 Å². The van der Waals surface area contributed by atoms with E-state index in [9.17, 15) is 14.7 Å². The molecule has 1 heterocycles. The maximum Gasteiger partial charge on any atom is 0.307 e. The first kappa shape index (κ1) is 15.7. The molecule has 1 aromatic heterocycles. The van der Waals surface area contributed by atoms with Crippen molar-refractivity contribution < 1.29 is 14.7 Å². The van der Waals surface area contributed by atoms with Gasteiger partial charge in [-0.25, -0.2) is 4.98 Å². The van der Waals surface area contributed by atoms with Crippen LogP contribution >= 0.6 is 11.3 Å². The summed E-state index contributed by atoms with van der Waals surface area (Å²) in [6, 6.07) is -0.192. The van der Waals surface area contributed by atoms with Gasteiger partial charge in [0.25, 0.3) is 0 Å². The molecule has 0 bridgehead atoms. The van der Waals surface area contributed by atoms with Gasteiger partial charge in [0.15, 0.2) is 0 Å². The largest absolute Gasteiger partial charge is 0.481 e. The van der Waals surface area contributed by atoms with Crippen molar-refractivity contribution in [3.8, 4) is 0 Å². The fourth-order valence-electron chi connectivity index (χ4n) is 2.45. The Bertz CT molecular complexity index is 553. The summed E-state index contributed by atoms with van der Waals surface area (Å²) in [5.41, 5.74) is 0. The number of aromatic nitrogens is 1. The maximum atomic E-state index is 12.3. The van der Waals surface area contributed by atoms with Crippen molar-refractivity contribution in [2.24, 2.45) is 11.8 Å². The van der Waals surface area contributed by atoms with E-state index < -0.39 is 17.8 Å². The summed E-state index contributed by atoms with van der Waals surface area (Å²) in [6.45, 7) is 3.94. The molecular weight excluding hydrogens is 288 g/mol. The van der Waals surface area contributed by atoms with Crippen molar-refractivity contribution in [2.45, 2.75) is 39.2 Å². The zero-order chi connectivity index (χ0) is 15.4. The monoisotopic (exact) mass is 308 g/mol. The second kappa shape index (κ2) is 6.85. The van der Waals surface area contributed by atoms with Gasteiger partial charge in [0.1, 0.15) is 5.01 Å². The van der Waals surface area contributed by atoms with E-state index in [1.807, 2.05) is 25.3 Å². The standard InChI is InChI=1S/C15H20N2O3S/c1-3-10-8-16-14(21-10)9(2)17-13(18)11-6-4-5-7-12(11)15(19)20/h4-5,8-9,11-12H,3,6-7H2,1-2H3,(H,17,18)(H,19,20). The first-order chi connectivity index (χ1) is 10.0. The van der Waals surface area contributed by atoms with Crippen molar-refractivity contribution in [2.75, 3.05) is 0 Å². The molecule has 0 aromatic carbocycles. The molecule has 1 aliphatic carbocycles. The number of carboxylic acids is 1. The number of nitrogens with one attached hydrogen (secondary N) is 1. The summed E-state index contributed by atoms with van der Waals surface area (Å²) in [5.74, 6) is -2.24. The average Bonchev–Trinajstić information content (AvgIpc) is 2.96. The smallest absolute Gasteiger partial charge is 0.307 e. The summed E-state index contributed by atoms with van der Waals surface area (Å²) < 4.78 is 0. The predicted octanol–water partition coefficient (Wildman–Crippen LogP) is 2.55. The second-order valence-electron chi connectivity index (χ2n) is 5.24. The molecule has 0 aliphatic heterocycles. The summed E-state index contributed by atoms with van der Waals surface area (Å²) in [5, 5.41) is 13.0. The lowest BCUT2D eigenvalue weighted by molar-refractivity contribution is -0.147. The number of carboxylic acid groups (broad SMARTS) is 1. The van der Waals surface area contributed by atoms with E-state index >= 15 is 0 Å². The molecule has 0 radical (unpaired) electrons. The number of carbonyl (C=O) groups is 2. The van der Waals surface area contributed by atoms with Crippen molar-refractivity contribution in [1.82, 2.24) is 10.3 Å². The molecule has 0 fully saturated rings. The van der Waals surface area contributed by atoms with Crippen LogP contribution < -0.4 is 5.32 Å². The molecule has 2 rings (SSSR count). The SMILES string of the molecule is CCc1cnc(C(C)NC(=O)C2CC=CCC2C(=O)O)s1. The van der Waals surface area contributed by atoms with Crippen LogP contribution in [0.4, 0.5) is 0 Å². The Labute approximate surface area is 128 Å². The third-order valence-corrected chi connectivity index (χ3v) is 5.06. The number of hydrogen-bond acceptors (Lipinski definition) is 4. The number of aliphatic carboxylic acids is 1. The molecule has 0 saturated carbocycles. The summed E-state index contributed by atoms with van der Waals surface area (Å²) in [4.78, 5) is 29.1. The molecule has 21 heavy (non-hydrogen) atoms. The van der Waals surface area contributed by atoms with Crippen LogP contribution in [-0.4, -0.2) is 22.0 Å². The van der Waals surface area contributed by atoms with Crippen molar-refractivity contribution in [3.05, 3.63) is 28.2 Å². The van der Waals surface area contributed by atoms with Crippen LogP contribution in [-0.2, 0) is 16.0 Å². The minimum Gasteiger partial charge on any atom is -0.481 e. The lowest BCUT2D eigenvalue weighted by Crippen LogP contribution is -2.39. The Morgan fingerprint density at radius 1 is 1.43 bits per heavy atom. The Hall–Kier alpha value is -1.69. The van der Waals surface area contributed by atoms with Crippen molar-refractivity contribution in [3.63, 3.8) is 0 Å². The third kappa shape index (κ3) is 3.69. The van der Waals surface area contributed by atoms with Crippen LogP contribution in [0.25, 0.3) is 0 Å². The number of amides is 1. The highest BCUT2D eigenvalue weighted by Gasteiger charge is 2.34. The number of nitrogens with zero attached hydrogens (tertiary/aromatic N) is 1. The molecule has 1 aromatic rings. The topological polar surface area (TPSA) is 79.3 Å². The van der Waals surface area contributed by atoms with E-state index in [0.717, 1.165) is 11.4 Å². The zero-order valence-corrected chi connectivity index (χ0v) is 13.0. The average molecular weight is 308 g/mol. The highest BCUT2D eigenvalue weighted by atomic mass is 32.1. The number of rotatable bonds is 5. The predicted molar refractivity (Wildman–Crippen MR) is 81.0 cm³/mol. The summed E-state index contributed by atoms with van der Waals surface area (Å²) in [6.07, 6.45) is 7.36. The normalized spacial score (nSPS) is 22.8. The van der Waals surface area contributed by atoms with Gasteiger partial charge in [-0.15, -0.1) is 11.3 Å². The van der Waals surface area contributed by atoms with E-state index in [4.69, 9.17) is 0 Å². The summed E-state index contributed by atoms with van der Waals surface area (Å²) >= 11 is 1.58. The van der Waals surface area contributed by atoms with Crippen LogP contribution in [0, 0.1) is 11.8 Å². The first-order valence-corrected chi connectivity index (χ1v) is 7.97. The van der Waals surface area contributed by atoms with E-state index in [1.54, 1.807) is 11.3 Å². The molecule has 5 nitrogen and oxygen atoms in total. The van der Waals surface area contributed by atoms with Gasteiger partial charge in [-0.2, -0.15) is 0 Å². The second-order valence-corrected chi connectivity index (χ2v) is 6.39. The number of carbonyl (C=O) groups excluding carboxylic acids is 1. The molecule has 0 saturated heterocycles. The summed E-state index contributed by atoms with van der Waals surface area (Å²) in [7, 11) is 0. The number of hydrogen-bond donors (Lipinski definition) is 2. The molecule has 1 amide bonds. The highest BCUT2D eigenvalue weighted by Crippen LogP contribution is 2.27.